The number of amides is 1. The van der Waals surface area contributed by atoms with Gasteiger partial charge in [0.25, 0.3) is 0 Å². The molecule has 0 fully saturated rings. The first-order valence-corrected chi connectivity index (χ1v) is 5.46. The molecular weight excluding hydrogens is 220 g/mol. The quantitative estimate of drug-likeness (QED) is 0.750. The van der Waals surface area contributed by atoms with Gasteiger partial charge in [0.2, 0.25) is 5.91 Å². The van der Waals surface area contributed by atoms with Crippen molar-refractivity contribution in [2.75, 3.05) is 20.6 Å². The van der Waals surface area contributed by atoms with Gasteiger partial charge in [0.05, 0.1) is 18.7 Å². The lowest BCUT2D eigenvalue weighted by molar-refractivity contribution is -0.127. The smallest absolute Gasteiger partial charge is 0.227 e. The number of likely N-dealkylation sites (N-methyl/N-ethyl adjacent to an activating group) is 1. The normalized spacial score (nSPS) is 12.5. The molecule has 0 radical (unpaired) electrons. The molecule has 1 rings (SSSR count). The van der Waals surface area contributed by atoms with Crippen LogP contribution in [0.25, 0.3) is 0 Å². The van der Waals surface area contributed by atoms with Gasteiger partial charge in [-0.05, 0) is 33.2 Å². The Kier molecular flexibility index (Phi) is 4.90. The van der Waals surface area contributed by atoms with Crippen molar-refractivity contribution in [3.8, 4) is 0 Å². The first-order chi connectivity index (χ1) is 8.00. The lowest BCUT2D eigenvalue weighted by Crippen LogP contribution is -2.34. The van der Waals surface area contributed by atoms with E-state index in [1.165, 1.54) is 6.92 Å². The number of hydrogen-bond acceptors (Lipinski definition) is 4. The van der Waals surface area contributed by atoms with Crippen LogP contribution in [0.1, 0.15) is 25.1 Å². The molecule has 0 bridgehead atoms. The van der Waals surface area contributed by atoms with Crippen LogP contribution in [0.2, 0.25) is 0 Å². The Morgan fingerprint density at radius 3 is 2.65 bits per heavy atom. The van der Waals surface area contributed by atoms with E-state index < -0.39 is 0 Å². The van der Waals surface area contributed by atoms with Gasteiger partial charge in [-0.15, -0.1) is 0 Å². The molecule has 0 aromatic carbocycles. The Labute approximate surface area is 101 Å². The monoisotopic (exact) mass is 238 g/mol. The van der Waals surface area contributed by atoms with Gasteiger partial charge < -0.3 is 9.73 Å². The Balaban J connectivity index is 2.52. The zero-order valence-corrected chi connectivity index (χ0v) is 10.4. The number of hydrogen-bond donors (Lipinski definition) is 1. The molecule has 1 atom stereocenters. The third-order valence-corrected chi connectivity index (χ3v) is 2.40. The van der Waals surface area contributed by atoms with Crippen molar-refractivity contribution in [3.05, 3.63) is 24.2 Å². The van der Waals surface area contributed by atoms with Crippen molar-refractivity contribution < 1.29 is 14.0 Å². The minimum Gasteiger partial charge on any atom is -0.468 e. The van der Waals surface area contributed by atoms with Crippen LogP contribution in [0.4, 0.5) is 0 Å². The lowest BCUT2D eigenvalue weighted by Gasteiger charge is -2.22. The predicted molar refractivity (Wildman–Crippen MR) is 63.4 cm³/mol. The molecule has 0 spiro atoms. The van der Waals surface area contributed by atoms with Crippen LogP contribution in [0.15, 0.2) is 22.8 Å². The van der Waals surface area contributed by atoms with Crippen molar-refractivity contribution in [1.82, 2.24) is 10.2 Å². The van der Waals surface area contributed by atoms with E-state index in [0.717, 1.165) is 5.76 Å². The standard InChI is InChI=1S/C12H18N2O3/c1-9(15)7-12(16)13-8-10(14(2)3)11-5-4-6-17-11/h4-6,10H,7-8H2,1-3H3,(H,13,16). The van der Waals surface area contributed by atoms with Gasteiger partial charge in [-0.25, -0.2) is 0 Å². The van der Waals surface area contributed by atoms with Crippen LogP contribution >= 0.6 is 0 Å². The van der Waals surface area contributed by atoms with E-state index in [1.54, 1.807) is 6.26 Å². The highest BCUT2D eigenvalue weighted by Gasteiger charge is 2.17. The first kappa shape index (κ1) is 13.4. The van der Waals surface area contributed by atoms with Gasteiger partial charge in [0, 0.05) is 6.54 Å². The molecule has 0 saturated carbocycles. The fourth-order valence-electron chi connectivity index (χ4n) is 1.52. The van der Waals surface area contributed by atoms with E-state index in [2.05, 4.69) is 5.32 Å². The summed E-state index contributed by atoms with van der Waals surface area (Å²) in [4.78, 5) is 24.1. The number of carbonyl (C=O) groups is 2. The van der Waals surface area contributed by atoms with Crippen molar-refractivity contribution in [3.63, 3.8) is 0 Å². The second kappa shape index (κ2) is 6.20. The second-order valence-electron chi connectivity index (χ2n) is 4.18. The third-order valence-electron chi connectivity index (χ3n) is 2.40. The highest BCUT2D eigenvalue weighted by Crippen LogP contribution is 2.17. The van der Waals surface area contributed by atoms with Crippen LogP contribution in [0, 0.1) is 0 Å². The first-order valence-electron chi connectivity index (χ1n) is 5.46. The Morgan fingerprint density at radius 2 is 2.18 bits per heavy atom. The molecule has 1 heterocycles. The second-order valence-corrected chi connectivity index (χ2v) is 4.18. The summed E-state index contributed by atoms with van der Waals surface area (Å²) < 4.78 is 5.31. The molecule has 1 amide bonds. The molecule has 0 saturated heterocycles. The van der Waals surface area contributed by atoms with Crippen molar-refractivity contribution in [1.29, 1.82) is 0 Å². The van der Waals surface area contributed by atoms with E-state index >= 15 is 0 Å². The summed E-state index contributed by atoms with van der Waals surface area (Å²) in [7, 11) is 3.81. The molecule has 1 aromatic heterocycles. The fraction of sp³-hybridized carbons (Fsp3) is 0.500. The van der Waals surface area contributed by atoms with E-state index in [-0.39, 0.29) is 24.2 Å². The maximum absolute atomic E-state index is 11.4. The average Bonchev–Trinajstić information content (AvgIpc) is 2.69. The van der Waals surface area contributed by atoms with E-state index in [4.69, 9.17) is 4.42 Å². The molecule has 1 aromatic rings. The maximum atomic E-state index is 11.4. The molecule has 0 aliphatic heterocycles. The number of nitrogens with one attached hydrogen (secondary N) is 1. The minimum absolute atomic E-state index is 0.0269. The summed E-state index contributed by atoms with van der Waals surface area (Å²) in [6.45, 7) is 1.82. The Hall–Kier alpha value is -1.62. The average molecular weight is 238 g/mol. The number of carbonyl (C=O) groups excluding carboxylic acids is 2. The van der Waals surface area contributed by atoms with E-state index in [1.807, 2.05) is 31.1 Å². The van der Waals surface area contributed by atoms with Gasteiger partial charge in [-0.1, -0.05) is 0 Å². The van der Waals surface area contributed by atoms with Crippen molar-refractivity contribution in [2.45, 2.75) is 19.4 Å². The minimum atomic E-state index is -0.254. The SMILES string of the molecule is CC(=O)CC(=O)NCC(c1ccco1)N(C)C. The van der Waals surface area contributed by atoms with Gasteiger partial charge in [0.15, 0.2) is 0 Å². The molecule has 94 valence electrons. The van der Waals surface area contributed by atoms with Crippen LogP contribution in [-0.4, -0.2) is 37.2 Å². The van der Waals surface area contributed by atoms with Gasteiger partial charge in [-0.2, -0.15) is 0 Å². The maximum Gasteiger partial charge on any atom is 0.227 e. The van der Waals surface area contributed by atoms with Crippen LogP contribution in [0.3, 0.4) is 0 Å². The summed E-state index contributed by atoms with van der Waals surface area (Å²) in [6.07, 6.45) is 1.53. The zero-order chi connectivity index (χ0) is 12.8. The summed E-state index contributed by atoms with van der Waals surface area (Å²) in [6, 6.07) is 3.64. The van der Waals surface area contributed by atoms with Crippen LogP contribution < -0.4 is 5.32 Å². The largest absolute Gasteiger partial charge is 0.468 e. The fourth-order valence-corrected chi connectivity index (χ4v) is 1.52. The van der Waals surface area contributed by atoms with Gasteiger partial charge >= 0.3 is 0 Å². The molecule has 1 N–H and O–H groups in total. The molecule has 1 unspecified atom stereocenters. The molecule has 17 heavy (non-hydrogen) atoms. The molecular formula is C12H18N2O3. The van der Waals surface area contributed by atoms with Crippen molar-refractivity contribution in [2.24, 2.45) is 0 Å². The molecule has 5 nitrogen and oxygen atoms in total. The Morgan fingerprint density at radius 1 is 1.47 bits per heavy atom. The lowest BCUT2D eigenvalue weighted by atomic mass is 10.2. The number of nitrogens with zero attached hydrogens (tertiary/aromatic N) is 1. The summed E-state index contributed by atoms with van der Waals surface area (Å²) >= 11 is 0. The van der Waals surface area contributed by atoms with E-state index in [9.17, 15) is 9.59 Å². The van der Waals surface area contributed by atoms with Crippen molar-refractivity contribution >= 4 is 11.7 Å². The van der Waals surface area contributed by atoms with Crippen LogP contribution in [0.5, 0.6) is 0 Å². The number of Topliss-reactive ketones (excluding diaryl/α,β-unsaturated/α-hetero) is 1. The zero-order valence-electron chi connectivity index (χ0n) is 10.4. The molecule has 0 aliphatic carbocycles. The van der Waals surface area contributed by atoms with E-state index in [0.29, 0.717) is 6.54 Å². The summed E-state index contributed by atoms with van der Waals surface area (Å²) in [5.74, 6) is 0.399. The number of rotatable bonds is 6. The third kappa shape index (κ3) is 4.40. The van der Waals surface area contributed by atoms with Gasteiger partial charge in [0.1, 0.15) is 11.5 Å². The molecule has 5 heteroatoms. The topological polar surface area (TPSA) is 62.6 Å². The highest BCUT2D eigenvalue weighted by molar-refractivity contribution is 5.96. The van der Waals surface area contributed by atoms with Gasteiger partial charge in [-0.3, -0.25) is 14.5 Å². The Bertz CT molecular complexity index is 371. The van der Waals surface area contributed by atoms with Crippen LogP contribution in [-0.2, 0) is 9.59 Å². The highest BCUT2D eigenvalue weighted by atomic mass is 16.3. The summed E-state index contributed by atoms with van der Waals surface area (Å²) in [5.41, 5.74) is 0. The predicted octanol–water partition coefficient (Wildman–Crippen LogP) is 0.978. The number of furan rings is 1. The number of ketones is 1. The molecule has 0 aliphatic rings. The summed E-state index contributed by atoms with van der Waals surface area (Å²) in [5, 5.41) is 2.72.